The summed E-state index contributed by atoms with van der Waals surface area (Å²) >= 11 is 0. The molecular weight excluding hydrogens is 1010 g/mol. The van der Waals surface area contributed by atoms with Crippen molar-refractivity contribution in [2.45, 2.75) is 0 Å². The predicted molar refractivity (Wildman–Crippen MR) is 350 cm³/mol. The maximum Gasteiger partial charge on any atom is 0.197 e. The molecule has 83 heavy (non-hydrogen) atoms. The Balaban J connectivity index is 0.970. The minimum atomic E-state index is 0.803. The third-order valence-electron chi connectivity index (χ3n) is 16.1. The Morgan fingerprint density at radius 3 is 1.30 bits per heavy atom. The highest BCUT2D eigenvalue weighted by Crippen LogP contribution is 2.48. The first-order valence-electron chi connectivity index (χ1n) is 28.3. The molecule has 0 amide bonds. The van der Waals surface area contributed by atoms with Gasteiger partial charge in [-0.05, 0) is 152 Å². The predicted octanol–water partition coefficient (Wildman–Crippen LogP) is 20.2. The summed E-state index contributed by atoms with van der Waals surface area (Å²) in [4.78, 5) is 4.85. The molecule has 0 fully saturated rings. The van der Waals surface area contributed by atoms with E-state index in [0.29, 0.717) is 0 Å². The molecule has 1 aliphatic rings. The van der Waals surface area contributed by atoms with Gasteiger partial charge >= 0.3 is 0 Å². The van der Waals surface area contributed by atoms with Gasteiger partial charge in [-0.3, -0.25) is 0 Å². The Morgan fingerprint density at radius 1 is 0.337 bits per heavy atom. The van der Waals surface area contributed by atoms with Gasteiger partial charge in [-0.25, -0.2) is 0 Å². The Bertz CT molecular complexity index is 4530. The zero-order chi connectivity index (χ0) is 55.1. The summed E-state index contributed by atoms with van der Waals surface area (Å²) in [6, 6.07) is 113. The lowest BCUT2D eigenvalue weighted by atomic mass is 9.57. The van der Waals surface area contributed by atoms with Crippen molar-refractivity contribution < 1.29 is 4.42 Å². The fourth-order valence-corrected chi connectivity index (χ4v) is 12.0. The molecule has 0 bridgehead atoms. The third-order valence-corrected chi connectivity index (χ3v) is 16.1. The number of hydrogen-bond donors (Lipinski definition) is 1. The van der Waals surface area contributed by atoms with Crippen molar-refractivity contribution in [2.75, 3.05) is 15.1 Å². The number of fused-ring (bicyclic) bond motifs is 6. The van der Waals surface area contributed by atoms with Crippen LogP contribution in [0.2, 0.25) is 0 Å². The van der Waals surface area contributed by atoms with Crippen LogP contribution < -0.4 is 26.0 Å². The van der Waals surface area contributed by atoms with E-state index in [1.165, 1.54) is 22.3 Å². The summed E-state index contributed by atoms with van der Waals surface area (Å²) in [5, 5.41) is 6.08. The van der Waals surface area contributed by atoms with Crippen LogP contribution in [0.5, 0.6) is 0 Å². The summed E-state index contributed by atoms with van der Waals surface area (Å²) in [5.41, 5.74) is 25.7. The first-order valence-corrected chi connectivity index (χ1v) is 28.3. The number of para-hydroxylation sites is 1. The maximum absolute atomic E-state index is 7.06. The summed E-state index contributed by atoms with van der Waals surface area (Å²) in [7, 11) is 2.41. The van der Waals surface area contributed by atoms with Crippen molar-refractivity contribution in [1.82, 2.24) is 0 Å². The Hall–Kier alpha value is -10.9. The summed E-state index contributed by atoms with van der Waals surface area (Å²) in [6.45, 7) is 0. The molecule has 0 saturated heterocycles. The van der Waals surface area contributed by atoms with Gasteiger partial charge in [0, 0.05) is 50.8 Å². The summed E-state index contributed by atoms with van der Waals surface area (Å²) in [5.74, 6) is 0. The molecule has 0 atom stereocenters. The van der Waals surface area contributed by atoms with Crippen LogP contribution in [-0.4, -0.2) is 7.28 Å². The van der Waals surface area contributed by atoms with E-state index in [1.807, 2.05) is 0 Å². The van der Waals surface area contributed by atoms with Gasteiger partial charge < -0.3 is 19.5 Å². The highest BCUT2D eigenvalue weighted by Gasteiger charge is 2.33. The first kappa shape index (κ1) is 49.2. The van der Waals surface area contributed by atoms with Crippen LogP contribution in [0.25, 0.3) is 88.7 Å². The zero-order valence-corrected chi connectivity index (χ0v) is 45.4. The monoisotopic (exact) mass is 1060 g/mol. The Kier molecular flexibility index (Phi) is 12.6. The van der Waals surface area contributed by atoms with Gasteiger partial charge in [0.05, 0.1) is 11.1 Å². The second-order valence-corrected chi connectivity index (χ2v) is 21.1. The minimum Gasteiger partial charge on any atom is -0.456 e. The average Bonchev–Trinajstić information content (AvgIpc) is 2.77. The van der Waals surface area contributed by atoms with Crippen LogP contribution in [0.3, 0.4) is 0 Å². The molecule has 389 valence electrons. The van der Waals surface area contributed by atoms with Crippen molar-refractivity contribution in [3.05, 3.63) is 315 Å². The molecule has 14 aromatic rings. The summed E-state index contributed by atoms with van der Waals surface area (Å²) < 4.78 is 7.06. The lowest BCUT2D eigenvalue weighted by molar-refractivity contribution is 0.669. The van der Waals surface area contributed by atoms with Crippen LogP contribution in [0, 0.1) is 0 Å². The van der Waals surface area contributed by atoms with E-state index in [1.54, 1.807) is 0 Å². The largest absolute Gasteiger partial charge is 0.456 e. The van der Waals surface area contributed by atoms with Gasteiger partial charge in [0.1, 0.15) is 11.2 Å². The maximum atomic E-state index is 7.06. The van der Waals surface area contributed by atoms with Crippen LogP contribution in [0.1, 0.15) is 0 Å². The average molecular weight is 1060 g/mol. The number of hydrogen-bond acceptors (Lipinski definition) is 4. The van der Waals surface area contributed by atoms with Crippen molar-refractivity contribution in [3.63, 3.8) is 0 Å². The molecule has 13 aromatic carbocycles. The molecule has 1 N–H and O–H groups in total. The first-order chi connectivity index (χ1) is 41.1. The van der Waals surface area contributed by atoms with E-state index in [4.69, 9.17) is 4.42 Å². The van der Waals surface area contributed by atoms with Crippen LogP contribution >= 0.6 is 0 Å². The second-order valence-electron chi connectivity index (χ2n) is 21.1. The highest BCUT2D eigenvalue weighted by molar-refractivity contribution is 6.74. The topological polar surface area (TPSA) is 31.6 Å². The second kappa shape index (κ2) is 21.3. The molecule has 1 aliphatic heterocycles. The van der Waals surface area contributed by atoms with Gasteiger partial charge in [0.2, 0.25) is 0 Å². The van der Waals surface area contributed by atoms with Gasteiger partial charge in [0.25, 0.3) is 0 Å². The van der Waals surface area contributed by atoms with E-state index in [-0.39, 0.29) is 0 Å². The van der Waals surface area contributed by atoms with Gasteiger partial charge in [-0.15, -0.1) is 0 Å². The molecule has 15 rings (SSSR count). The number of nitrogens with zero attached hydrogens (tertiary/aromatic N) is 2. The molecule has 1 aromatic heterocycles. The minimum absolute atomic E-state index is 0.803. The quantitative estimate of drug-likeness (QED) is 0.124. The molecule has 0 aliphatic carbocycles. The molecule has 0 saturated carbocycles. The van der Waals surface area contributed by atoms with E-state index < -0.39 is 0 Å². The van der Waals surface area contributed by atoms with Crippen LogP contribution in [-0.2, 0) is 0 Å². The van der Waals surface area contributed by atoms with Crippen molar-refractivity contribution in [2.24, 2.45) is 0 Å². The smallest absolute Gasteiger partial charge is 0.197 e. The van der Waals surface area contributed by atoms with Crippen LogP contribution in [0.4, 0.5) is 45.5 Å². The molecule has 5 heteroatoms. The van der Waals surface area contributed by atoms with E-state index >= 15 is 0 Å². The molecule has 0 unspecified atom stereocenters. The SMILES string of the molecule is [B]1c2cc(-c3ccccc3)ccc2N(c2ccc(-c3ccccc3)cc2)c2c1c(-c1cc(N(c3ccc(-c4ccccc4)cc3)c3ccc(-c4ccccc4)cc3)ccc1Nc1ccc(-c3ccccc3)cc1)cc1oc3ccccc3c21. The standard InChI is InChI=1S/C78H53BN3O/c1-6-18-53(19-7-1)58-30-39-63(40-31-58)80-72-48-47-67(81(64-41-32-59(33-42-64)54-20-8-2-9-21-54)65-43-34-60(35-44-65)55-22-10-3-11-23-55)51-69(72)70-52-75-76(68-28-16-17-29-74(68)83-75)78-77(70)79-71-50-62(57-26-14-5-15-27-57)38-49-73(71)82(78)66-45-36-61(37-46-66)56-24-12-4-13-25-56/h1-52,80H. The molecule has 2 heterocycles. The molecule has 0 spiro atoms. The highest BCUT2D eigenvalue weighted by atomic mass is 16.3. The third kappa shape index (κ3) is 9.40. The normalized spacial score (nSPS) is 11.7. The van der Waals surface area contributed by atoms with E-state index in [0.717, 1.165) is 123 Å². The van der Waals surface area contributed by atoms with Crippen molar-refractivity contribution in [1.29, 1.82) is 0 Å². The van der Waals surface area contributed by atoms with Crippen molar-refractivity contribution >= 4 is 85.6 Å². The summed E-state index contributed by atoms with van der Waals surface area (Å²) in [6.07, 6.45) is 0. The Morgan fingerprint density at radius 2 is 0.771 bits per heavy atom. The van der Waals surface area contributed by atoms with Gasteiger partial charge in [0.15, 0.2) is 7.28 Å². The van der Waals surface area contributed by atoms with Crippen molar-refractivity contribution in [3.8, 4) is 66.8 Å². The number of nitrogens with one attached hydrogen (secondary N) is 1. The van der Waals surface area contributed by atoms with Gasteiger partial charge in [-0.1, -0.05) is 236 Å². The fraction of sp³-hybridized carbons (Fsp3) is 0. The molecule has 4 nitrogen and oxygen atoms in total. The fourth-order valence-electron chi connectivity index (χ4n) is 12.0. The zero-order valence-electron chi connectivity index (χ0n) is 45.4. The number of anilines is 8. The number of benzene rings is 13. The van der Waals surface area contributed by atoms with E-state index in [9.17, 15) is 0 Å². The molecule has 1 radical (unpaired) electrons. The number of furan rings is 1. The Labute approximate surface area is 484 Å². The number of rotatable bonds is 12. The van der Waals surface area contributed by atoms with Gasteiger partial charge in [-0.2, -0.15) is 0 Å². The lowest BCUT2D eigenvalue weighted by Crippen LogP contribution is -2.41. The molecular formula is C78H53BN3O. The van der Waals surface area contributed by atoms with E-state index in [2.05, 4.69) is 338 Å². The lowest BCUT2D eigenvalue weighted by Gasteiger charge is -2.36. The van der Waals surface area contributed by atoms with Crippen LogP contribution in [0.15, 0.2) is 320 Å².